The third-order valence-electron chi connectivity index (χ3n) is 2.94. The second-order valence-corrected chi connectivity index (χ2v) is 6.35. The van der Waals surface area contributed by atoms with Crippen molar-refractivity contribution in [3.05, 3.63) is 29.8 Å². The Morgan fingerprint density at radius 2 is 1.78 bits per heavy atom. The standard InChI is InChI=1S/C13H21NO3S/c1-4-10(2)12-5-7-13(8-6-12)18(16,17)14-9-11(3)15/h5-8,10-11,14-15H,4,9H2,1-3H3/t10?,11-/m1/s1. The minimum Gasteiger partial charge on any atom is -0.392 e. The van der Waals surface area contributed by atoms with Gasteiger partial charge in [-0.25, -0.2) is 13.1 Å². The summed E-state index contributed by atoms with van der Waals surface area (Å²) in [4.78, 5) is 0.232. The summed E-state index contributed by atoms with van der Waals surface area (Å²) >= 11 is 0. The fourth-order valence-corrected chi connectivity index (χ4v) is 2.65. The number of sulfonamides is 1. The summed E-state index contributed by atoms with van der Waals surface area (Å²) in [6, 6.07) is 6.88. The molecule has 2 atom stereocenters. The maximum absolute atomic E-state index is 11.9. The number of benzene rings is 1. The molecule has 5 heteroatoms. The van der Waals surface area contributed by atoms with Crippen LogP contribution in [-0.2, 0) is 10.0 Å². The van der Waals surface area contributed by atoms with Crippen LogP contribution in [0.4, 0.5) is 0 Å². The van der Waals surface area contributed by atoms with Gasteiger partial charge in [-0.2, -0.15) is 0 Å². The van der Waals surface area contributed by atoms with Crippen LogP contribution in [-0.4, -0.2) is 26.2 Å². The smallest absolute Gasteiger partial charge is 0.240 e. The predicted octanol–water partition coefficient (Wildman–Crippen LogP) is 1.86. The number of aliphatic hydroxyl groups excluding tert-OH is 1. The first kappa shape index (κ1) is 15.1. The van der Waals surface area contributed by atoms with Crippen molar-refractivity contribution in [2.45, 2.75) is 44.1 Å². The average molecular weight is 271 g/mol. The highest BCUT2D eigenvalue weighted by Gasteiger charge is 2.14. The van der Waals surface area contributed by atoms with Crippen molar-refractivity contribution in [1.82, 2.24) is 4.72 Å². The molecule has 0 aromatic heterocycles. The van der Waals surface area contributed by atoms with Crippen molar-refractivity contribution in [3.8, 4) is 0 Å². The van der Waals surface area contributed by atoms with Gasteiger partial charge in [-0.1, -0.05) is 26.0 Å². The maximum Gasteiger partial charge on any atom is 0.240 e. The van der Waals surface area contributed by atoms with Gasteiger partial charge in [0, 0.05) is 6.54 Å². The summed E-state index contributed by atoms with van der Waals surface area (Å²) in [5.41, 5.74) is 1.13. The van der Waals surface area contributed by atoms with Crippen LogP contribution in [0, 0.1) is 0 Å². The van der Waals surface area contributed by atoms with E-state index in [0.717, 1.165) is 12.0 Å². The second kappa shape index (κ2) is 6.31. The van der Waals surface area contributed by atoms with E-state index in [2.05, 4.69) is 18.6 Å². The highest BCUT2D eigenvalue weighted by Crippen LogP contribution is 2.20. The number of aliphatic hydroxyl groups is 1. The Morgan fingerprint density at radius 1 is 1.22 bits per heavy atom. The van der Waals surface area contributed by atoms with E-state index in [4.69, 9.17) is 5.11 Å². The Morgan fingerprint density at radius 3 is 2.22 bits per heavy atom. The van der Waals surface area contributed by atoms with Gasteiger partial charge in [0.1, 0.15) is 0 Å². The molecule has 0 saturated carbocycles. The van der Waals surface area contributed by atoms with Gasteiger partial charge in [0.2, 0.25) is 10.0 Å². The van der Waals surface area contributed by atoms with Crippen molar-refractivity contribution >= 4 is 10.0 Å². The molecule has 0 fully saturated rings. The van der Waals surface area contributed by atoms with Crippen LogP contribution in [0.5, 0.6) is 0 Å². The van der Waals surface area contributed by atoms with E-state index in [0.29, 0.717) is 5.92 Å². The molecule has 0 bridgehead atoms. The lowest BCUT2D eigenvalue weighted by Crippen LogP contribution is -2.30. The van der Waals surface area contributed by atoms with Crippen LogP contribution < -0.4 is 4.72 Å². The molecule has 1 aromatic rings. The number of hydrogen-bond acceptors (Lipinski definition) is 3. The predicted molar refractivity (Wildman–Crippen MR) is 72.0 cm³/mol. The summed E-state index contributed by atoms with van der Waals surface area (Å²) in [5.74, 6) is 0.423. The molecule has 1 rings (SSSR count). The Bertz CT molecular complexity index is 466. The topological polar surface area (TPSA) is 66.4 Å². The average Bonchev–Trinajstić information content (AvgIpc) is 2.36. The molecule has 1 unspecified atom stereocenters. The Kier molecular flexibility index (Phi) is 5.31. The normalized spacial score (nSPS) is 15.3. The zero-order valence-corrected chi connectivity index (χ0v) is 11.9. The van der Waals surface area contributed by atoms with Crippen LogP contribution in [0.2, 0.25) is 0 Å². The van der Waals surface area contributed by atoms with Crippen molar-refractivity contribution < 1.29 is 13.5 Å². The summed E-state index contributed by atoms with van der Waals surface area (Å²) in [6.45, 7) is 5.76. The fourth-order valence-electron chi connectivity index (χ4n) is 1.52. The van der Waals surface area contributed by atoms with Crippen molar-refractivity contribution in [2.24, 2.45) is 0 Å². The largest absolute Gasteiger partial charge is 0.392 e. The third-order valence-corrected chi connectivity index (χ3v) is 4.38. The SMILES string of the molecule is CCC(C)c1ccc(S(=O)(=O)NC[C@@H](C)O)cc1. The Hall–Kier alpha value is -0.910. The van der Waals surface area contributed by atoms with Gasteiger partial charge in [-0.05, 0) is 37.0 Å². The lowest BCUT2D eigenvalue weighted by atomic mass is 9.99. The summed E-state index contributed by atoms with van der Waals surface area (Å²) in [5, 5.41) is 9.08. The van der Waals surface area contributed by atoms with Crippen LogP contribution >= 0.6 is 0 Å². The first-order chi connectivity index (χ1) is 8.36. The molecular formula is C13H21NO3S. The fraction of sp³-hybridized carbons (Fsp3) is 0.538. The summed E-state index contributed by atoms with van der Waals surface area (Å²) in [7, 11) is -3.51. The van der Waals surface area contributed by atoms with E-state index in [1.807, 2.05) is 12.1 Å². The summed E-state index contributed by atoms with van der Waals surface area (Å²) < 4.78 is 26.1. The van der Waals surface area contributed by atoms with Crippen LogP contribution in [0.1, 0.15) is 38.7 Å². The molecule has 0 aliphatic carbocycles. The summed E-state index contributed by atoms with van der Waals surface area (Å²) in [6.07, 6.45) is 0.325. The molecule has 18 heavy (non-hydrogen) atoms. The van der Waals surface area contributed by atoms with Crippen LogP contribution in [0.25, 0.3) is 0 Å². The molecule has 4 nitrogen and oxygen atoms in total. The zero-order chi connectivity index (χ0) is 13.8. The molecule has 0 heterocycles. The molecule has 0 spiro atoms. The van der Waals surface area contributed by atoms with Gasteiger partial charge in [-0.15, -0.1) is 0 Å². The number of rotatable bonds is 6. The van der Waals surface area contributed by atoms with Crippen LogP contribution in [0.3, 0.4) is 0 Å². The van der Waals surface area contributed by atoms with Gasteiger partial charge in [-0.3, -0.25) is 0 Å². The van der Waals surface area contributed by atoms with Gasteiger partial charge in [0.05, 0.1) is 11.0 Å². The first-order valence-electron chi connectivity index (χ1n) is 6.14. The van der Waals surface area contributed by atoms with E-state index in [-0.39, 0.29) is 11.4 Å². The molecule has 0 radical (unpaired) electrons. The highest BCUT2D eigenvalue weighted by molar-refractivity contribution is 7.89. The van der Waals surface area contributed by atoms with Gasteiger partial charge < -0.3 is 5.11 Å². The highest BCUT2D eigenvalue weighted by atomic mass is 32.2. The van der Waals surface area contributed by atoms with E-state index in [1.165, 1.54) is 6.92 Å². The zero-order valence-electron chi connectivity index (χ0n) is 11.1. The van der Waals surface area contributed by atoms with Gasteiger partial charge >= 0.3 is 0 Å². The van der Waals surface area contributed by atoms with E-state index in [1.54, 1.807) is 12.1 Å². The van der Waals surface area contributed by atoms with Crippen LogP contribution in [0.15, 0.2) is 29.2 Å². The molecule has 0 aliphatic rings. The molecule has 102 valence electrons. The Balaban J connectivity index is 2.84. The molecular weight excluding hydrogens is 250 g/mol. The number of nitrogens with one attached hydrogen (secondary N) is 1. The molecule has 0 aliphatic heterocycles. The van der Waals surface area contributed by atoms with Crippen molar-refractivity contribution in [1.29, 1.82) is 0 Å². The minimum absolute atomic E-state index is 0.0233. The molecule has 2 N–H and O–H groups in total. The minimum atomic E-state index is -3.51. The third kappa shape index (κ3) is 4.08. The quantitative estimate of drug-likeness (QED) is 0.830. The lowest BCUT2D eigenvalue weighted by molar-refractivity contribution is 0.198. The first-order valence-corrected chi connectivity index (χ1v) is 7.62. The van der Waals surface area contributed by atoms with Gasteiger partial charge in [0.15, 0.2) is 0 Å². The van der Waals surface area contributed by atoms with Crippen molar-refractivity contribution in [2.75, 3.05) is 6.54 Å². The van der Waals surface area contributed by atoms with E-state index >= 15 is 0 Å². The molecule has 1 aromatic carbocycles. The molecule has 0 amide bonds. The van der Waals surface area contributed by atoms with Crippen molar-refractivity contribution in [3.63, 3.8) is 0 Å². The monoisotopic (exact) mass is 271 g/mol. The lowest BCUT2D eigenvalue weighted by Gasteiger charge is -2.11. The molecule has 0 saturated heterocycles. The van der Waals surface area contributed by atoms with E-state index in [9.17, 15) is 8.42 Å². The number of hydrogen-bond donors (Lipinski definition) is 2. The van der Waals surface area contributed by atoms with E-state index < -0.39 is 16.1 Å². The second-order valence-electron chi connectivity index (χ2n) is 4.58. The Labute approximate surface area is 109 Å². The van der Waals surface area contributed by atoms with Gasteiger partial charge in [0.25, 0.3) is 0 Å². The maximum atomic E-state index is 11.9.